The van der Waals surface area contributed by atoms with Gasteiger partial charge in [-0.2, -0.15) is 0 Å². The second-order valence-electron chi connectivity index (χ2n) is 5.94. The lowest BCUT2D eigenvalue weighted by atomic mass is 9.74. The summed E-state index contributed by atoms with van der Waals surface area (Å²) in [7, 11) is 0. The molecule has 2 nitrogen and oxygen atoms in total. The fourth-order valence-corrected chi connectivity index (χ4v) is 2.73. The van der Waals surface area contributed by atoms with E-state index in [0.29, 0.717) is 12.0 Å². The van der Waals surface area contributed by atoms with Crippen LogP contribution in [0.25, 0.3) is 5.57 Å². The average Bonchev–Trinajstić information content (AvgIpc) is 2.24. The van der Waals surface area contributed by atoms with Crippen molar-refractivity contribution in [1.29, 1.82) is 0 Å². The summed E-state index contributed by atoms with van der Waals surface area (Å²) in [6.45, 7) is 4.13. The Morgan fingerprint density at radius 3 is 2.50 bits per heavy atom. The van der Waals surface area contributed by atoms with Gasteiger partial charge in [-0.15, -0.1) is 13.2 Å². The van der Waals surface area contributed by atoms with Crippen molar-refractivity contribution >= 4 is 5.57 Å². The summed E-state index contributed by atoms with van der Waals surface area (Å²) in [4.78, 5) is 0. The van der Waals surface area contributed by atoms with Crippen LogP contribution in [0.4, 0.5) is 13.2 Å². The van der Waals surface area contributed by atoms with Gasteiger partial charge < -0.3 is 10.5 Å². The number of benzene rings is 1. The van der Waals surface area contributed by atoms with Gasteiger partial charge in [0.25, 0.3) is 0 Å². The molecule has 2 rings (SSSR count). The van der Waals surface area contributed by atoms with Gasteiger partial charge >= 0.3 is 6.36 Å². The number of alkyl halides is 3. The maximum Gasteiger partial charge on any atom is 0.573 e. The Balaban J connectivity index is 2.38. The first-order valence-electron chi connectivity index (χ1n) is 6.48. The van der Waals surface area contributed by atoms with Crippen LogP contribution in [0.3, 0.4) is 0 Å². The van der Waals surface area contributed by atoms with Crippen molar-refractivity contribution in [3.05, 3.63) is 35.9 Å². The number of halogens is 3. The van der Waals surface area contributed by atoms with Crippen molar-refractivity contribution < 1.29 is 17.9 Å². The van der Waals surface area contributed by atoms with E-state index in [-0.39, 0.29) is 17.2 Å². The molecule has 0 saturated heterocycles. The molecule has 1 aromatic rings. The van der Waals surface area contributed by atoms with E-state index in [1.54, 1.807) is 12.1 Å². The third-order valence-corrected chi connectivity index (χ3v) is 3.33. The Morgan fingerprint density at radius 2 is 1.90 bits per heavy atom. The van der Waals surface area contributed by atoms with Crippen LogP contribution in [0.1, 0.15) is 32.3 Å². The predicted octanol–water partition coefficient (Wildman–Crippen LogP) is 4.12. The van der Waals surface area contributed by atoms with Gasteiger partial charge in [0.15, 0.2) is 0 Å². The van der Waals surface area contributed by atoms with Crippen LogP contribution in [0, 0.1) is 5.41 Å². The Bertz CT molecular complexity index is 520. The Labute approximate surface area is 116 Å². The van der Waals surface area contributed by atoms with Crippen LogP contribution in [0.15, 0.2) is 30.3 Å². The lowest BCUT2D eigenvalue weighted by Crippen LogP contribution is -2.30. The average molecular weight is 285 g/mol. The van der Waals surface area contributed by atoms with E-state index in [9.17, 15) is 13.2 Å². The first-order valence-corrected chi connectivity index (χ1v) is 6.48. The number of rotatable bonds is 2. The van der Waals surface area contributed by atoms with Gasteiger partial charge in [0, 0.05) is 11.6 Å². The number of nitrogens with two attached hydrogens (primary N) is 1. The minimum absolute atomic E-state index is 0.0329. The maximum atomic E-state index is 12.5. The largest absolute Gasteiger partial charge is 0.573 e. The number of para-hydroxylation sites is 1. The molecular formula is C15H18F3NO. The zero-order chi connectivity index (χ0) is 15.0. The van der Waals surface area contributed by atoms with E-state index in [2.05, 4.69) is 18.6 Å². The fourth-order valence-electron chi connectivity index (χ4n) is 2.73. The van der Waals surface area contributed by atoms with Crippen LogP contribution in [-0.2, 0) is 0 Å². The van der Waals surface area contributed by atoms with Crippen molar-refractivity contribution in [1.82, 2.24) is 0 Å². The van der Waals surface area contributed by atoms with E-state index < -0.39 is 6.36 Å². The molecule has 20 heavy (non-hydrogen) atoms. The molecule has 1 atom stereocenters. The van der Waals surface area contributed by atoms with Crippen molar-refractivity contribution in [3.63, 3.8) is 0 Å². The van der Waals surface area contributed by atoms with Crippen LogP contribution in [0.5, 0.6) is 5.75 Å². The minimum atomic E-state index is -4.69. The van der Waals surface area contributed by atoms with Gasteiger partial charge in [-0.05, 0) is 29.9 Å². The summed E-state index contributed by atoms with van der Waals surface area (Å²) >= 11 is 0. The lowest BCUT2D eigenvalue weighted by molar-refractivity contribution is -0.274. The van der Waals surface area contributed by atoms with Gasteiger partial charge in [-0.3, -0.25) is 0 Å². The Morgan fingerprint density at radius 1 is 1.25 bits per heavy atom. The fraction of sp³-hybridized carbons (Fsp3) is 0.467. The van der Waals surface area contributed by atoms with Gasteiger partial charge in [0.2, 0.25) is 0 Å². The van der Waals surface area contributed by atoms with E-state index in [1.807, 2.05) is 6.08 Å². The van der Waals surface area contributed by atoms with Gasteiger partial charge in [-0.25, -0.2) is 0 Å². The summed E-state index contributed by atoms with van der Waals surface area (Å²) in [6.07, 6.45) is -1.36. The molecule has 110 valence electrons. The molecular weight excluding hydrogens is 267 g/mol. The Hall–Kier alpha value is -1.49. The topological polar surface area (TPSA) is 35.2 Å². The number of ether oxygens (including phenoxy) is 1. The minimum Gasteiger partial charge on any atom is -0.405 e. The second kappa shape index (κ2) is 5.13. The molecule has 1 unspecified atom stereocenters. The standard InChI is InChI=1S/C15H18F3NO/c1-14(2)8-10(7-11(19)9-14)12-5-3-4-6-13(12)20-15(16,17)18/h3-7,11H,8-9,19H2,1-2H3. The SMILES string of the molecule is CC1(C)CC(c2ccccc2OC(F)(F)F)=CC(N)C1. The van der Waals surface area contributed by atoms with Gasteiger partial charge in [-0.1, -0.05) is 38.1 Å². The highest BCUT2D eigenvalue weighted by Crippen LogP contribution is 2.42. The van der Waals surface area contributed by atoms with Crippen LogP contribution >= 0.6 is 0 Å². The highest BCUT2D eigenvalue weighted by atomic mass is 19.4. The van der Waals surface area contributed by atoms with Crippen molar-refractivity contribution in [2.45, 2.75) is 39.1 Å². The molecule has 0 spiro atoms. The Kier molecular flexibility index (Phi) is 3.82. The van der Waals surface area contributed by atoms with Crippen molar-refractivity contribution in [2.75, 3.05) is 0 Å². The van der Waals surface area contributed by atoms with E-state index in [0.717, 1.165) is 12.0 Å². The molecule has 0 fully saturated rings. The zero-order valence-corrected chi connectivity index (χ0v) is 11.5. The predicted molar refractivity (Wildman–Crippen MR) is 72.1 cm³/mol. The van der Waals surface area contributed by atoms with Crippen molar-refractivity contribution in [2.24, 2.45) is 11.1 Å². The summed E-state index contributed by atoms with van der Waals surface area (Å²) in [6, 6.07) is 6.05. The van der Waals surface area contributed by atoms with Crippen LogP contribution in [0.2, 0.25) is 0 Å². The quantitative estimate of drug-likeness (QED) is 0.887. The molecule has 0 aliphatic heterocycles. The molecule has 1 aromatic carbocycles. The molecule has 0 heterocycles. The lowest BCUT2D eigenvalue weighted by Gasteiger charge is -2.33. The van der Waals surface area contributed by atoms with Crippen LogP contribution < -0.4 is 10.5 Å². The van der Waals surface area contributed by atoms with E-state index >= 15 is 0 Å². The van der Waals surface area contributed by atoms with Gasteiger partial charge in [0.1, 0.15) is 5.75 Å². The molecule has 0 amide bonds. The molecule has 0 saturated carbocycles. The summed E-state index contributed by atoms with van der Waals surface area (Å²) in [5.41, 5.74) is 7.22. The summed E-state index contributed by atoms with van der Waals surface area (Å²) < 4.78 is 41.5. The second-order valence-corrected chi connectivity index (χ2v) is 5.94. The third-order valence-electron chi connectivity index (χ3n) is 3.33. The smallest absolute Gasteiger partial charge is 0.405 e. The summed E-state index contributed by atoms with van der Waals surface area (Å²) in [5.74, 6) is -0.170. The molecule has 5 heteroatoms. The van der Waals surface area contributed by atoms with Gasteiger partial charge in [0.05, 0.1) is 0 Å². The monoisotopic (exact) mass is 285 g/mol. The summed E-state index contributed by atoms with van der Waals surface area (Å²) in [5, 5.41) is 0. The third kappa shape index (κ3) is 3.76. The van der Waals surface area contributed by atoms with Crippen LogP contribution in [-0.4, -0.2) is 12.4 Å². The molecule has 0 aromatic heterocycles. The number of allylic oxidation sites excluding steroid dienone is 1. The van der Waals surface area contributed by atoms with Crippen molar-refractivity contribution in [3.8, 4) is 5.75 Å². The zero-order valence-electron chi connectivity index (χ0n) is 11.5. The highest BCUT2D eigenvalue weighted by Gasteiger charge is 2.34. The van der Waals surface area contributed by atoms with E-state index in [4.69, 9.17) is 5.73 Å². The number of hydrogen-bond donors (Lipinski definition) is 1. The molecule has 1 aliphatic carbocycles. The highest BCUT2D eigenvalue weighted by molar-refractivity contribution is 5.72. The molecule has 0 radical (unpaired) electrons. The maximum absolute atomic E-state index is 12.5. The molecule has 1 aliphatic rings. The normalized spacial score (nSPS) is 22.3. The molecule has 0 bridgehead atoms. The molecule has 2 N–H and O–H groups in total. The van der Waals surface area contributed by atoms with E-state index in [1.165, 1.54) is 12.1 Å². The first kappa shape index (κ1) is 14.9. The number of hydrogen-bond acceptors (Lipinski definition) is 2. The first-order chi connectivity index (χ1) is 9.16.